The second-order valence-corrected chi connectivity index (χ2v) is 11.6. The Morgan fingerprint density at radius 3 is 1.47 bits per heavy atom. The molecule has 1 aliphatic rings. The lowest BCUT2D eigenvalue weighted by Gasteiger charge is -2.45. The normalized spacial score (nSPS) is 19.6. The van der Waals surface area contributed by atoms with Gasteiger partial charge in [-0.1, -0.05) is 103 Å². The maximum Gasteiger partial charge on any atom is 0.338 e. The van der Waals surface area contributed by atoms with Crippen molar-refractivity contribution in [1.82, 2.24) is 5.32 Å². The second kappa shape index (κ2) is 17.0. The average molecular weight is 686 g/mol. The number of rotatable bonds is 12. The molecule has 1 fully saturated rings. The molecular weight excluding hydrogens is 650 g/mol. The quantitative estimate of drug-likeness (QED) is 0.124. The molecule has 0 spiro atoms. The van der Waals surface area contributed by atoms with Gasteiger partial charge in [0.05, 0.1) is 23.3 Å². The summed E-state index contributed by atoms with van der Waals surface area (Å²) in [5, 5.41) is 2.92. The van der Waals surface area contributed by atoms with Crippen LogP contribution in [0.2, 0.25) is 0 Å². The Morgan fingerprint density at radius 2 is 0.961 bits per heavy atom. The molecule has 258 valence electrons. The molecule has 0 saturated carbocycles. The number of esters is 3. The van der Waals surface area contributed by atoms with Crippen molar-refractivity contribution in [3.63, 3.8) is 0 Å². The lowest BCUT2D eigenvalue weighted by atomic mass is 9.95. The zero-order chi connectivity index (χ0) is 35.4. The summed E-state index contributed by atoms with van der Waals surface area (Å²) < 4.78 is 30.6. The van der Waals surface area contributed by atoms with E-state index in [1.165, 1.54) is 0 Å². The molecule has 1 amide bonds. The molecule has 0 bridgehead atoms. The van der Waals surface area contributed by atoms with Crippen LogP contribution in [-0.2, 0) is 30.3 Å². The van der Waals surface area contributed by atoms with Crippen molar-refractivity contribution in [3.8, 4) is 0 Å². The van der Waals surface area contributed by atoms with Gasteiger partial charge in [0.1, 0.15) is 18.8 Å². The number of hydrogen-bond acceptors (Lipinski definition) is 9. The highest BCUT2D eigenvalue weighted by Gasteiger charge is 2.52. The summed E-state index contributed by atoms with van der Waals surface area (Å²) in [6.45, 7) is -0.363. The number of ether oxygens (including phenoxy) is 5. The highest BCUT2D eigenvalue weighted by atomic mass is 16.7. The fraction of sp³-hybridized carbons (Fsp3) is 0.171. The van der Waals surface area contributed by atoms with E-state index in [1.807, 2.05) is 30.3 Å². The van der Waals surface area contributed by atoms with Crippen molar-refractivity contribution in [2.24, 2.45) is 0 Å². The van der Waals surface area contributed by atoms with Gasteiger partial charge in [-0.05, 0) is 54.1 Å². The maximum atomic E-state index is 13.7. The predicted molar refractivity (Wildman–Crippen MR) is 186 cm³/mol. The molecule has 1 heterocycles. The van der Waals surface area contributed by atoms with Gasteiger partial charge in [0.15, 0.2) is 18.5 Å². The van der Waals surface area contributed by atoms with Crippen molar-refractivity contribution in [1.29, 1.82) is 0 Å². The zero-order valence-corrected chi connectivity index (χ0v) is 27.4. The van der Waals surface area contributed by atoms with Crippen LogP contribution in [0.5, 0.6) is 0 Å². The third-order valence-electron chi connectivity index (χ3n) is 8.13. The minimum Gasteiger partial charge on any atom is -0.459 e. The molecule has 0 aromatic heterocycles. The third-order valence-corrected chi connectivity index (χ3v) is 8.13. The van der Waals surface area contributed by atoms with Gasteiger partial charge in [0, 0.05) is 5.56 Å². The first-order chi connectivity index (χ1) is 25.0. The van der Waals surface area contributed by atoms with Crippen LogP contribution in [0, 0.1) is 0 Å². The average Bonchev–Trinajstić information content (AvgIpc) is 3.19. The molecule has 0 radical (unpaired) electrons. The first-order valence-electron chi connectivity index (χ1n) is 16.4. The highest BCUT2D eigenvalue weighted by molar-refractivity contribution is 5.94. The van der Waals surface area contributed by atoms with E-state index in [2.05, 4.69) is 5.32 Å². The van der Waals surface area contributed by atoms with Crippen LogP contribution < -0.4 is 5.32 Å². The summed E-state index contributed by atoms with van der Waals surface area (Å²) in [6.07, 6.45) is -5.23. The van der Waals surface area contributed by atoms with E-state index in [9.17, 15) is 19.2 Å². The van der Waals surface area contributed by atoms with Crippen molar-refractivity contribution >= 4 is 23.8 Å². The molecule has 5 aromatic rings. The van der Waals surface area contributed by atoms with Crippen LogP contribution in [0.4, 0.5) is 0 Å². The fourth-order valence-electron chi connectivity index (χ4n) is 5.54. The van der Waals surface area contributed by atoms with Crippen LogP contribution in [0.1, 0.15) is 47.0 Å². The summed E-state index contributed by atoms with van der Waals surface area (Å²) in [5.41, 5.74) is 1.86. The van der Waals surface area contributed by atoms with Gasteiger partial charge in [0.25, 0.3) is 5.91 Å². The zero-order valence-electron chi connectivity index (χ0n) is 27.4. The number of amides is 1. The molecule has 10 nitrogen and oxygen atoms in total. The lowest BCUT2D eigenvalue weighted by molar-refractivity contribution is -0.271. The largest absolute Gasteiger partial charge is 0.459 e. The Kier molecular flexibility index (Phi) is 11.6. The highest BCUT2D eigenvalue weighted by Crippen LogP contribution is 2.30. The maximum absolute atomic E-state index is 13.7. The van der Waals surface area contributed by atoms with Gasteiger partial charge >= 0.3 is 17.9 Å². The summed E-state index contributed by atoms with van der Waals surface area (Å²) >= 11 is 0. The van der Waals surface area contributed by atoms with Crippen molar-refractivity contribution in [2.75, 3.05) is 6.61 Å². The Balaban J connectivity index is 1.39. The van der Waals surface area contributed by atoms with Gasteiger partial charge < -0.3 is 29.0 Å². The summed E-state index contributed by atoms with van der Waals surface area (Å²) in [6, 6.07) is 41.4. The second-order valence-electron chi connectivity index (χ2n) is 11.6. The smallest absolute Gasteiger partial charge is 0.338 e. The van der Waals surface area contributed by atoms with Crippen LogP contribution in [0.25, 0.3) is 0 Å². The minimum absolute atomic E-state index is 0.0492. The monoisotopic (exact) mass is 685 g/mol. The number of carbonyl (C=O) groups is 4. The van der Waals surface area contributed by atoms with E-state index in [-0.39, 0.29) is 17.7 Å². The van der Waals surface area contributed by atoms with Gasteiger partial charge in [-0.15, -0.1) is 0 Å². The third kappa shape index (κ3) is 9.13. The van der Waals surface area contributed by atoms with Crippen LogP contribution in [-0.4, -0.2) is 61.1 Å². The Hall–Kier alpha value is -6.10. The van der Waals surface area contributed by atoms with E-state index in [4.69, 9.17) is 23.7 Å². The summed E-state index contributed by atoms with van der Waals surface area (Å²) in [4.78, 5) is 54.1. The fourth-order valence-corrected chi connectivity index (χ4v) is 5.54. The van der Waals surface area contributed by atoms with Crippen LogP contribution in [0.15, 0.2) is 152 Å². The Bertz CT molecular complexity index is 1890. The van der Waals surface area contributed by atoms with Crippen LogP contribution in [0.3, 0.4) is 0 Å². The van der Waals surface area contributed by atoms with Crippen molar-refractivity contribution < 1.29 is 42.9 Å². The van der Waals surface area contributed by atoms with E-state index in [0.717, 1.165) is 5.56 Å². The SMILES string of the molecule is O=C(N[C@H]1[C@H](OCc2ccccc2)O[C@H](COC(=O)c2ccccc2)[C@@H](OC(=O)c2ccccc2)[C@@H]1OC(=O)c1ccccc1)c1ccccc1. The van der Waals surface area contributed by atoms with Crippen LogP contribution >= 0.6 is 0 Å². The van der Waals surface area contributed by atoms with Gasteiger partial charge in [0.2, 0.25) is 0 Å². The predicted octanol–water partition coefficient (Wildman–Crippen LogP) is 6.03. The van der Waals surface area contributed by atoms with E-state index < -0.39 is 61.1 Å². The topological polar surface area (TPSA) is 126 Å². The molecule has 6 rings (SSSR count). The molecular formula is C41H35NO9. The lowest BCUT2D eigenvalue weighted by Crippen LogP contribution is -2.66. The van der Waals surface area contributed by atoms with Crippen molar-refractivity contribution in [2.45, 2.75) is 37.3 Å². The molecule has 5 atom stereocenters. The molecule has 51 heavy (non-hydrogen) atoms. The molecule has 5 aromatic carbocycles. The van der Waals surface area contributed by atoms with Gasteiger partial charge in [-0.2, -0.15) is 0 Å². The minimum atomic E-state index is -1.38. The Labute approximate surface area is 294 Å². The molecule has 0 aliphatic carbocycles. The van der Waals surface area contributed by atoms with E-state index >= 15 is 0 Å². The van der Waals surface area contributed by atoms with Gasteiger partial charge in [-0.25, -0.2) is 14.4 Å². The number of carbonyl (C=O) groups excluding carboxylic acids is 4. The number of nitrogens with one attached hydrogen (secondary N) is 1. The first-order valence-corrected chi connectivity index (χ1v) is 16.4. The number of hydrogen-bond donors (Lipinski definition) is 1. The van der Waals surface area contributed by atoms with E-state index in [0.29, 0.717) is 11.1 Å². The molecule has 1 N–H and O–H groups in total. The summed E-state index contributed by atoms with van der Waals surface area (Å²) in [7, 11) is 0. The Morgan fingerprint density at radius 1 is 0.529 bits per heavy atom. The molecule has 0 unspecified atom stereocenters. The molecule has 1 aliphatic heterocycles. The summed E-state index contributed by atoms with van der Waals surface area (Å²) in [5.74, 6) is -2.66. The van der Waals surface area contributed by atoms with Gasteiger partial charge in [-0.3, -0.25) is 4.79 Å². The molecule has 1 saturated heterocycles. The number of benzene rings is 5. The van der Waals surface area contributed by atoms with E-state index in [1.54, 1.807) is 121 Å². The van der Waals surface area contributed by atoms with Crippen molar-refractivity contribution in [3.05, 3.63) is 179 Å². The molecule has 10 heteroatoms. The first kappa shape index (κ1) is 34.8. The standard InChI is InChI=1S/C41H35NO9/c43-37(29-18-8-2-9-19-29)42-34-36(51-40(46)32-24-14-5-15-25-32)35(50-39(45)31-22-12-4-13-23-31)33(27-47-38(44)30-20-10-3-11-21-30)49-41(34)48-26-28-16-6-1-7-17-28/h1-25,33-36,41H,26-27H2,(H,42,43)/t33-,34-,35-,36-,41-/m1/s1.